The number of nitrogens with one attached hydrogen (secondary N) is 1. The van der Waals surface area contributed by atoms with Crippen LogP contribution in [-0.4, -0.2) is 46.9 Å². The fraction of sp³-hybridized carbons (Fsp3) is 0.545. The number of anilines is 1. The summed E-state index contributed by atoms with van der Waals surface area (Å²) in [6, 6.07) is -0.124. The van der Waals surface area contributed by atoms with Crippen LogP contribution in [-0.2, 0) is 0 Å². The zero-order chi connectivity index (χ0) is 22.9. The van der Waals surface area contributed by atoms with Gasteiger partial charge in [0.2, 0.25) is 0 Å². The first-order valence-electron chi connectivity index (χ1n) is 10.7. The number of H-pyrrole nitrogens is 1. The smallest absolute Gasteiger partial charge is 0.329 e. The summed E-state index contributed by atoms with van der Waals surface area (Å²) in [5, 5.41) is 10.4. The van der Waals surface area contributed by atoms with E-state index in [1.54, 1.807) is 11.0 Å². The second kappa shape index (κ2) is 7.13. The van der Waals surface area contributed by atoms with Gasteiger partial charge in [0.1, 0.15) is 17.3 Å². The van der Waals surface area contributed by atoms with Crippen LogP contribution in [0.1, 0.15) is 30.9 Å². The van der Waals surface area contributed by atoms with Crippen molar-refractivity contribution in [3.8, 4) is 5.75 Å². The van der Waals surface area contributed by atoms with Crippen LogP contribution in [0.4, 0.5) is 18.9 Å². The number of benzene rings is 1. The van der Waals surface area contributed by atoms with Gasteiger partial charge in [-0.2, -0.15) is 0 Å². The van der Waals surface area contributed by atoms with Crippen molar-refractivity contribution in [1.82, 2.24) is 9.55 Å². The molecule has 172 valence electrons. The van der Waals surface area contributed by atoms with Crippen molar-refractivity contribution in [3.05, 3.63) is 44.4 Å². The minimum Gasteiger partial charge on any atom is -0.492 e. The van der Waals surface area contributed by atoms with E-state index in [2.05, 4.69) is 4.98 Å². The summed E-state index contributed by atoms with van der Waals surface area (Å²) in [6.07, 6.45) is 2.10. The van der Waals surface area contributed by atoms with Gasteiger partial charge in [0.05, 0.1) is 12.5 Å². The Hall–Kier alpha value is -2.75. The first-order chi connectivity index (χ1) is 15.2. The Morgan fingerprint density at radius 1 is 1.25 bits per heavy atom. The lowest BCUT2D eigenvalue weighted by atomic mass is 9.89. The molecular formula is C22H24F3N3O4. The number of rotatable bonds is 3. The molecular weight excluding hydrogens is 427 g/mol. The molecule has 2 N–H and O–H groups in total. The molecule has 1 aromatic carbocycles. The zero-order valence-corrected chi connectivity index (χ0v) is 17.7. The minimum absolute atomic E-state index is 0.0131. The van der Waals surface area contributed by atoms with Gasteiger partial charge in [-0.3, -0.25) is 14.3 Å². The number of alkyl halides is 2. The van der Waals surface area contributed by atoms with E-state index in [1.807, 2.05) is 0 Å². The quantitative estimate of drug-likeness (QED) is 0.701. The number of aliphatic hydroxyl groups is 1. The number of allylic oxidation sites excluding steroid dienone is 1. The number of aromatic amines is 1. The summed E-state index contributed by atoms with van der Waals surface area (Å²) in [7, 11) is 1.33. The predicted octanol–water partition coefficient (Wildman–Crippen LogP) is 2.49. The lowest BCUT2D eigenvalue weighted by molar-refractivity contribution is -0.127. The highest BCUT2D eigenvalue weighted by molar-refractivity contribution is 5.93. The lowest BCUT2D eigenvalue weighted by Gasteiger charge is -2.28. The van der Waals surface area contributed by atoms with Gasteiger partial charge in [-0.15, -0.1) is 0 Å². The highest BCUT2D eigenvalue weighted by Gasteiger charge is 2.50. The molecule has 2 aliphatic carbocycles. The van der Waals surface area contributed by atoms with E-state index in [4.69, 9.17) is 4.74 Å². The van der Waals surface area contributed by atoms with Crippen LogP contribution >= 0.6 is 0 Å². The highest BCUT2D eigenvalue weighted by atomic mass is 19.3. The van der Waals surface area contributed by atoms with Gasteiger partial charge in [0.15, 0.2) is 11.6 Å². The summed E-state index contributed by atoms with van der Waals surface area (Å²) < 4.78 is 51.2. The molecule has 2 aromatic rings. The van der Waals surface area contributed by atoms with E-state index in [1.165, 1.54) is 24.7 Å². The van der Waals surface area contributed by atoms with Gasteiger partial charge in [-0.25, -0.2) is 18.0 Å². The van der Waals surface area contributed by atoms with E-state index in [9.17, 15) is 23.5 Å². The number of aliphatic hydroxyl groups excluding tert-OH is 1. The van der Waals surface area contributed by atoms with Crippen molar-refractivity contribution in [3.63, 3.8) is 0 Å². The molecule has 0 spiro atoms. The number of nitrogens with zero attached hydrogens (tertiary/aromatic N) is 2. The average molecular weight is 451 g/mol. The summed E-state index contributed by atoms with van der Waals surface area (Å²) in [6.45, 7) is 1.64. The van der Waals surface area contributed by atoms with Crippen LogP contribution in [0.25, 0.3) is 10.9 Å². The first-order valence-corrected chi connectivity index (χ1v) is 10.7. The van der Waals surface area contributed by atoms with Crippen molar-refractivity contribution in [2.45, 2.75) is 44.3 Å². The fourth-order valence-corrected chi connectivity index (χ4v) is 5.18. The van der Waals surface area contributed by atoms with E-state index in [-0.39, 0.29) is 47.0 Å². The molecule has 1 aliphatic heterocycles. The number of hydrogen-bond donors (Lipinski definition) is 2. The maximum absolute atomic E-state index is 15.7. The van der Waals surface area contributed by atoms with Gasteiger partial charge in [-0.1, -0.05) is 12.2 Å². The molecule has 2 heterocycles. The van der Waals surface area contributed by atoms with Gasteiger partial charge in [-0.05, 0) is 19.8 Å². The fourth-order valence-electron chi connectivity index (χ4n) is 5.18. The number of hydrogen-bond acceptors (Lipinski definition) is 5. The van der Waals surface area contributed by atoms with Crippen LogP contribution in [0.2, 0.25) is 0 Å². The lowest BCUT2D eigenvalue weighted by Crippen LogP contribution is -2.41. The third-order valence-electron chi connectivity index (χ3n) is 6.94. The zero-order valence-electron chi connectivity index (χ0n) is 17.7. The monoisotopic (exact) mass is 451 g/mol. The number of fused-ring (bicyclic) bond motifs is 2. The summed E-state index contributed by atoms with van der Waals surface area (Å²) in [5.41, 5.74) is -1.00. The van der Waals surface area contributed by atoms with Crippen LogP contribution < -0.4 is 20.9 Å². The number of ether oxygens (including phenoxy) is 1. The molecule has 0 radical (unpaired) electrons. The van der Waals surface area contributed by atoms with Crippen LogP contribution in [0.5, 0.6) is 5.75 Å². The standard InChI is InChI=1S/C22H24F3N3O4/c1-10-14-16(28(12-5-6-12)21(31)26-20(14)30)18(32-2)17(15(10)23)27-8-11-4-3-7-22(24,25)19(29)13(11)9-27/h3-4,11-13,19,29H,5-9H2,1-2H3,(H,26,30,31). The van der Waals surface area contributed by atoms with Crippen molar-refractivity contribution >= 4 is 16.6 Å². The molecule has 3 aliphatic rings. The Morgan fingerprint density at radius 3 is 2.62 bits per heavy atom. The molecule has 7 nitrogen and oxygen atoms in total. The number of aromatic nitrogens is 2. The van der Waals surface area contributed by atoms with Crippen LogP contribution in [0.15, 0.2) is 21.7 Å². The van der Waals surface area contributed by atoms with Gasteiger partial charge in [0, 0.05) is 43.0 Å². The molecule has 10 heteroatoms. The maximum Gasteiger partial charge on any atom is 0.329 e. The normalized spacial score (nSPS) is 26.9. The second-order valence-electron chi connectivity index (χ2n) is 8.98. The molecule has 1 saturated carbocycles. The molecule has 32 heavy (non-hydrogen) atoms. The molecule has 0 bridgehead atoms. The number of methoxy groups -OCH3 is 1. The van der Waals surface area contributed by atoms with Crippen molar-refractivity contribution in [2.75, 3.05) is 25.1 Å². The Balaban J connectivity index is 1.72. The predicted molar refractivity (Wildman–Crippen MR) is 112 cm³/mol. The van der Waals surface area contributed by atoms with Gasteiger partial charge in [0.25, 0.3) is 11.5 Å². The number of halogens is 3. The molecule has 3 unspecified atom stereocenters. The van der Waals surface area contributed by atoms with E-state index < -0.39 is 47.3 Å². The molecule has 3 atom stereocenters. The summed E-state index contributed by atoms with van der Waals surface area (Å²) >= 11 is 0. The third kappa shape index (κ3) is 2.99. The third-order valence-corrected chi connectivity index (χ3v) is 6.94. The van der Waals surface area contributed by atoms with Crippen molar-refractivity contribution < 1.29 is 23.0 Å². The molecule has 0 amide bonds. The second-order valence-corrected chi connectivity index (χ2v) is 8.98. The summed E-state index contributed by atoms with van der Waals surface area (Å²) in [5.74, 6) is -5.15. The topological polar surface area (TPSA) is 87.6 Å². The van der Waals surface area contributed by atoms with Gasteiger partial charge >= 0.3 is 5.69 Å². The van der Waals surface area contributed by atoms with Gasteiger partial charge < -0.3 is 14.7 Å². The average Bonchev–Trinajstić information content (AvgIpc) is 3.49. The van der Waals surface area contributed by atoms with Crippen LogP contribution in [0, 0.1) is 24.6 Å². The maximum atomic E-state index is 15.7. The van der Waals surface area contributed by atoms with E-state index in [0.29, 0.717) is 0 Å². The molecule has 5 rings (SSSR count). The Labute approximate surface area is 181 Å². The Bertz CT molecular complexity index is 1250. The van der Waals surface area contributed by atoms with Crippen molar-refractivity contribution in [1.29, 1.82) is 0 Å². The Kier molecular flexibility index (Phi) is 4.70. The minimum atomic E-state index is -3.27. The van der Waals surface area contributed by atoms with Crippen LogP contribution in [0.3, 0.4) is 0 Å². The van der Waals surface area contributed by atoms with Crippen molar-refractivity contribution in [2.24, 2.45) is 11.8 Å². The highest BCUT2D eigenvalue weighted by Crippen LogP contribution is 2.47. The first kappa shape index (κ1) is 21.1. The largest absolute Gasteiger partial charge is 0.492 e. The number of aryl methyl sites for hydroxylation is 1. The molecule has 1 aromatic heterocycles. The molecule has 1 saturated heterocycles. The molecule has 2 fully saturated rings. The Morgan fingerprint density at radius 2 is 1.97 bits per heavy atom. The SMILES string of the molecule is COc1c(N2CC3C=CCC(F)(F)C(O)C3C2)c(F)c(C)c2c(=O)[nH]c(=O)n(C3CC3)c12. The van der Waals surface area contributed by atoms with E-state index in [0.717, 1.165) is 12.8 Å². The van der Waals surface area contributed by atoms with E-state index >= 15 is 4.39 Å². The summed E-state index contributed by atoms with van der Waals surface area (Å²) in [4.78, 5) is 29.0.